The van der Waals surface area contributed by atoms with Crippen molar-refractivity contribution in [3.05, 3.63) is 34.9 Å². The number of aryl methyl sites for hydroxylation is 2. The van der Waals surface area contributed by atoms with Crippen molar-refractivity contribution < 1.29 is 13.2 Å². The second-order valence-electron chi connectivity index (χ2n) is 5.93. The van der Waals surface area contributed by atoms with Crippen LogP contribution in [0.5, 0.6) is 0 Å². The number of hydrogen-bond donors (Lipinski definition) is 1. The molecule has 0 aliphatic carbocycles. The number of nitrogens with zero attached hydrogens (tertiary/aromatic N) is 1. The van der Waals surface area contributed by atoms with Crippen LogP contribution in [-0.4, -0.2) is 38.1 Å². The van der Waals surface area contributed by atoms with Gasteiger partial charge in [-0.2, -0.15) is 0 Å². The zero-order valence-electron chi connectivity index (χ0n) is 12.5. The number of carbonyl (C=O) groups excluding carboxylic acids is 1. The molecule has 1 unspecified atom stereocenters. The fourth-order valence-corrected chi connectivity index (χ4v) is 3.72. The summed E-state index contributed by atoms with van der Waals surface area (Å²) < 4.78 is 22.2. The first-order valence-corrected chi connectivity index (χ1v) is 8.80. The van der Waals surface area contributed by atoms with Crippen LogP contribution in [0, 0.1) is 19.8 Å². The molecule has 1 atom stereocenters. The van der Waals surface area contributed by atoms with Gasteiger partial charge in [0.25, 0.3) is 0 Å². The smallest absolute Gasteiger partial charge is 0.227 e. The van der Waals surface area contributed by atoms with Crippen LogP contribution < -0.4 is 5.14 Å². The van der Waals surface area contributed by atoms with E-state index in [1.165, 1.54) is 0 Å². The van der Waals surface area contributed by atoms with Crippen LogP contribution in [0.2, 0.25) is 0 Å². The molecule has 0 aromatic heterocycles. The minimum Gasteiger partial charge on any atom is -0.342 e. The van der Waals surface area contributed by atoms with Crippen molar-refractivity contribution >= 4 is 15.9 Å². The molecule has 0 bridgehead atoms. The summed E-state index contributed by atoms with van der Waals surface area (Å²) in [7, 11) is -3.47. The molecule has 1 aliphatic heterocycles. The van der Waals surface area contributed by atoms with E-state index in [4.69, 9.17) is 5.14 Å². The molecule has 2 rings (SSSR count). The first-order valence-electron chi connectivity index (χ1n) is 7.09. The summed E-state index contributed by atoms with van der Waals surface area (Å²) in [6.45, 7) is 5.10. The van der Waals surface area contributed by atoms with Gasteiger partial charge in [-0.15, -0.1) is 0 Å². The van der Waals surface area contributed by atoms with E-state index in [0.29, 0.717) is 25.9 Å². The van der Waals surface area contributed by atoms with Gasteiger partial charge in [-0.1, -0.05) is 23.8 Å². The van der Waals surface area contributed by atoms with Gasteiger partial charge in [-0.3, -0.25) is 4.79 Å². The summed E-state index contributed by atoms with van der Waals surface area (Å²) >= 11 is 0. The van der Waals surface area contributed by atoms with E-state index in [-0.39, 0.29) is 17.6 Å². The lowest BCUT2D eigenvalue weighted by Crippen LogP contribution is -2.32. The Morgan fingerprint density at radius 2 is 2.10 bits per heavy atom. The summed E-state index contributed by atoms with van der Waals surface area (Å²) in [5.41, 5.74) is 3.28. The summed E-state index contributed by atoms with van der Waals surface area (Å²) in [6, 6.07) is 6.08. The molecule has 116 valence electrons. The Balaban J connectivity index is 1.97. The number of carbonyl (C=O) groups is 1. The van der Waals surface area contributed by atoms with Gasteiger partial charge in [0.05, 0.1) is 12.2 Å². The van der Waals surface area contributed by atoms with Crippen molar-refractivity contribution in [2.24, 2.45) is 11.1 Å². The van der Waals surface area contributed by atoms with Crippen LogP contribution >= 0.6 is 0 Å². The predicted octanol–water partition coefficient (Wildman–Crippen LogP) is 0.983. The van der Waals surface area contributed by atoms with Gasteiger partial charge < -0.3 is 4.90 Å². The van der Waals surface area contributed by atoms with E-state index in [2.05, 4.69) is 0 Å². The lowest BCUT2D eigenvalue weighted by molar-refractivity contribution is -0.129. The third-order valence-electron chi connectivity index (χ3n) is 3.95. The third-order valence-corrected chi connectivity index (χ3v) is 4.89. The normalized spacial score (nSPS) is 19.0. The Kier molecular flexibility index (Phi) is 4.68. The van der Waals surface area contributed by atoms with Gasteiger partial charge in [0.2, 0.25) is 15.9 Å². The molecule has 1 aliphatic rings. The highest BCUT2D eigenvalue weighted by Crippen LogP contribution is 2.19. The average Bonchev–Trinajstić information content (AvgIpc) is 2.80. The van der Waals surface area contributed by atoms with Crippen molar-refractivity contribution in [3.63, 3.8) is 0 Å². The van der Waals surface area contributed by atoms with Crippen LogP contribution in [0.4, 0.5) is 0 Å². The molecule has 1 heterocycles. The first kappa shape index (κ1) is 16.0. The molecule has 1 aromatic rings. The van der Waals surface area contributed by atoms with E-state index in [9.17, 15) is 13.2 Å². The van der Waals surface area contributed by atoms with Gasteiger partial charge in [0.15, 0.2) is 0 Å². The van der Waals surface area contributed by atoms with Crippen LogP contribution in [0.3, 0.4) is 0 Å². The summed E-state index contributed by atoms with van der Waals surface area (Å²) in [4.78, 5) is 14.1. The standard InChI is InChI=1S/C15H22N2O3S/c1-11-3-4-12(2)14(7-11)8-15(18)17-6-5-13(9-17)10-21(16,19)20/h3-4,7,13H,5-6,8-10H2,1-2H3,(H2,16,19,20). The molecule has 1 saturated heterocycles. The monoisotopic (exact) mass is 310 g/mol. The molecule has 0 spiro atoms. The largest absolute Gasteiger partial charge is 0.342 e. The molecular weight excluding hydrogens is 288 g/mol. The summed E-state index contributed by atoms with van der Waals surface area (Å²) in [5.74, 6) is -0.0246. The molecule has 2 N–H and O–H groups in total. The van der Waals surface area contributed by atoms with Crippen LogP contribution in [-0.2, 0) is 21.2 Å². The highest BCUT2D eigenvalue weighted by Gasteiger charge is 2.28. The van der Waals surface area contributed by atoms with Gasteiger partial charge in [-0.25, -0.2) is 13.6 Å². The number of likely N-dealkylation sites (tertiary alicyclic amines) is 1. The van der Waals surface area contributed by atoms with Gasteiger partial charge in [-0.05, 0) is 37.3 Å². The number of amides is 1. The van der Waals surface area contributed by atoms with Gasteiger partial charge in [0, 0.05) is 13.1 Å². The molecule has 21 heavy (non-hydrogen) atoms. The van der Waals surface area contributed by atoms with E-state index in [0.717, 1.165) is 16.7 Å². The Hall–Kier alpha value is -1.40. The lowest BCUT2D eigenvalue weighted by atomic mass is 10.0. The third kappa shape index (κ3) is 4.54. The maximum Gasteiger partial charge on any atom is 0.227 e. The highest BCUT2D eigenvalue weighted by molar-refractivity contribution is 7.89. The molecule has 1 aromatic carbocycles. The lowest BCUT2D eigenvalue weighted by Gasteiger charge is -2.17. The Labute approximate surface area is 126 Å². The molecule has 5 nitrogen and oxygen atoms in total. The van der Waals surface area contributed by atoms with Crippen LogP contribution in [0.25, 0.3) is 0 Å². The molecule has 0 radical (unpaired) electrons. The zero-order chi connectivity index (χ0) is 15.6. The minimum atomic E-state index is -3.47. The average molecular weight is 310 g/mol. The topological polar surface area (TPSA) is 80.5 Å². The number of rotatable bonds is 4. The van der Waals surface area contributed by atoms with Crippen molar-refractivity contribution in [1.29, 1.82) is 0 Å². The molecule has 6 heteroatoms. The maximum absolute atomic E-state index is 12.3. The second kappa shape index (κ2) is 6.15. The number of sulfonamides is 1. The summed E-state index contributed by atoms with van der Waals surface area (Å²) in [5, 5.41) is 5.07. The Morgan fingerprint density at radius 3 is 2.76 bits per heavy atom. The van der Waals surface area contributed by atoms with Crippen molar-refractivity contribution in [1.82, 2.24) is 4.90 Å². The van der Waals surface area contributed by atoms with Crippen LogP contribution in [0.15, 0.2) is 18.2 Å². The number of benzene rings is 1. The fraction of sp³-hybridized carbons (Fsp3) is 0.533. The second-order valence-corrected chi connectivity index (χ2v) is 7.59. The first-order chi connectivity index (χ1) is 9.74. The van der Waals surface area contributed by atoms with E-state index < -0.39 is 10.0 Å². The van der Waals surface area contributed by atoms with Crippen LogP contribution in [0.1, 0.15) is 23.1 Å². The summed E-state index contributed by atoms with van der Waals surface area (Å²) in [6.07, 6.45) is 1.07. The molecule has 1 amide bonds. The highest BCUT2D eigenvalue weighted by atomic mass is 32.2. The van der Waals surface area contributed by atoms with Crippen molar-refractivity contribution in [2.75, 3.05) is 18.8 Å². The fourth-order valence-electron chi connectivity index (χ4n) is 2.79. The van der Waals surface area contributed by atoms with Crippen molar-refractivity contribution in [2.45, 2.75) is 26.7 Å². The van der Waals surface area contributed by atoms with Gasteiger partial charge in [0.1, 0.15) is 0 Å². The van der Waals surface area contributed by atoms with E-state index in [1.54, 1.807) is 4.90 Å². The molecular formula is C15H22N2O3S. The quantitative estimate of drug-likeness (QED) is 0.900. The van der Waals surface area contributed by atoms with E-state index in [1.807, 2.05) is 32.0 Å². The maximum atomic E-state index is 12.3. The number of primary sulfonamides is 1. The number of nitrogens with two attached hydrogens (primary N) is 1. The Bertz CT molecular complexity index is 640. The number of hydrogen-bond acceptors (Lipinski definition) is 3. The minimum absolute atomic E-state index is 0.0393. The molecule has 0 saturated carbocycles. The van der Waals surface area contributed by atoms with Crippen molar-refractivity contribution in [3.8, 4) is 0 Å². The SMILES string of the molecule is Cc1ccc(C)c(CC(=O)N2CCC(CS(N)(=O)=O)C2)c1. The predicted molar refractivity (Wildman–Crippen MR) is 82.3 cm³/mol. The van der Waals surface area contributed by atoms with E-state index >= 15 is 0 Å². The van der Waals surface area contributed by atoms with Gasteiger partial charge >= 0.3 is 0 Å². The zero-order valence-corrected chi connectivity index (χ0v) is 13.3. The molecule has 1 fully saturated rings. The Morgan fingerprint density at radius 1 is 1.38 bits per heavy atom.